The van der Waals surface area contributed by atoms with E-state index in [-0.39, 0.29) is 21.8 Å². The lowest BCUT2D eigenvalue weighted by molar-refractivity contribution is -0.136. The van der Waals surface area contributed by atoms with E-state index >= 15 is 0 Å². The number of ether oxygens (including phenoxy) is 1. The molecule has 0 aliphatic rings. The molecule has 0 spiro atoms. The summed E-state index contributed by atoms with van der Waals surface area (Å²) in [4.78, 5) is 11.1. The highest BCUT2D eigenvalue weighted by atomic mass is 32.2. The van der Waals surface area contributed by atoms with Crippen LogP contribution in [-0.4, -0.2) is 19.5 Å². The number of carboxylic acid groups (broad SMARTS) is 1. The number of sulfone groups is 1. The summed E-state index contributed by atoms with van der Waals surface area (Å²) in [5, 5.41) is 8.99. The monoisotopic (exact) mass is 368 g/mol. The lowest BCUT2D eigenvalue weighted by Crippen LogP contribution is -2.09. The molecule has 3 rings (SSSR count). The van der Waals surface area contributed by atoms with E-state index in [2.05, 4.69) is 0 Å². The molecule has 0 unspecified atom stereocenters. The topological polar surface area (TPSA) is 80.7 Å². The van der Waals surface area contributed by atoms with Gasteiger partial charge in [0.1, 0.15) is 11.5 Å². The predicted octanol–water partition coefficient (Wildman–Crippen LogP) is 3.94. The molecule has 3 aromatic carbocycles. The second kappa shape index (κ2) is 7.41. The van der Waals surface area contributed by atoms with Crippen molar-refractivity contribution in [2.45, 2.75) is 16.2 Å². The van der Waals surface area contributed by atoms with E-state index in [0.717, 1.165) is 0 Å². The molecule has 0 aromatic heterocycles. The summed E-state index contributed by atoms with van der Waals surface area (Å²) >= 11 is 0. The molecule has 0 aliphatic heterocycles. The van der Waals surface area contributed by atoms with Crippen molar-refractivity contribution in [2.75, 3.05) is 0 Å². The highest BCUT2D eigenvalue weighted by Gasteiger charge is 2.22. The predicted molar refractivity (Wildman–Crippen MR) is 96.2 cm³/mol. The van der Waals surface area contributed by atoms with Crippen LogP contribution >= 0.6 is 0 Å². The van der Waals surface area contributed by atoms with Crippen molar-refractivity contribution in [3.05, 3.63) is 84.4 Å². The number of benzene rings is 3. The van der Waals surface area contributed by atoms with Gasteiger partial charge in [0.25, 0.3) is 0 Å². The number of hydrogen-bond acceptors (Lipinski definition) is 4. The smallest absolute Gasteiger partial charge is 0.307 e. The first-order valence-corrected chi connectivity index (χ1v) is 9.33. The average Bonchev–Trinajstić information content (AvgIpc) is 2.63. The molecule has 3 aromatic rings. The van der Waals surface area contributed by atoms with Crippen LogP contribution in [0.1, 0.15) is 5.56 Å². The van der Waals surface area contributed by atoms with Gasteiger partial charge in [-0.15, -0.1) is 0 Å². The fraction of sp³-hybridized carbons (Fsp3) is 0.0500. The maximum Gasteiger partial charge on any atom is 0.307 e. The number of rotatable bonds is 6. The Morgan fingerprint density at radius 1 is 0.808 bits per heavy atom. The molecule has 132 valence electrons. The zero-order valence-electron chi connectivity index (χ0n) is 13.7. The number of carbonyl (C=O) groups is 1. The number of para-hydroxylation sites is 1. The van der Waals surface area contributed by atoms with Crippen molar-refractivity contribution in [1.82, 2.24) is 0 Å². The molecule has 5 nitrogen and oxygen atoms in total. The first kappa shape index (κ1) is 17.7. The third kappa shape index (κ3) is 3.92. The van der Waals surface area contributed by atoms with Crippen molar-refractivity contribution in [1.29, 1.82) is 0 Å². The van der Waals surface area contributed by atoms with E-state index in [0.29, 0.717) is 11.5 Å². The Labute approximate surface area is 151 Å². The van der Waals surface area contributed by atoms with E-state index in [1.807, 2.05) is 18.2 Å². The van der Waals surface area contributed by atoms with E-state index in [9.17, 15) is 13.2 Å². The van der Waals surface area contributed by atoms with Crippen LogP contribution in [0.15, 0.2) is 88.7 Å². The molecule has 0 bridgehead atoms. The number of carboxylic acids is 1. The van der Waals surface area contributed by atoms with Gasteiger partial charge in [-0.1, -0.05) is 36.4 Å². The van der Waals surface area contributed by atoms with Gasteiger partial charge in [-0.3, -0.25) is 4.79 Å². The van der Waals surface area contributed by atoms with Crippen LogP contribution in [0.25, 0.3) is 0 Å². The molecule has 0 amide bonds. The van der Waals surface area contributed by atoms with E-state index < -0.39 is 15.8 Å². The average molecular weight is 368 g/mol. The molecule has 0 saturated carbocycles. The van der Waals surface area contributed by atoms with Crippen LogP contribution in [0.3, 0.4) is 0 Å². The van der Waals surface area contributed by atoms with Gasteiger partial charge in [0.15, 0.2) is 0 Å². The standard InChI is InChI=1S/C20H16O5S/c21-20(22)14-15-6-4-5-9-19(15)26(23,24)18-12-10-17(11-13-18)25-16-7-2-1-3-8-16/h1-13H,14H2,(H,21,22). The Morgan fingerprint density at radius 2 is 1.38 bits per heavy atom. The summed E-state index contributed by atoms with van der Waals surface area (Å²) in [6.45, 7) is 0. The fourth-order valence-electron chi connectivity index (χ4n) is 2.51. The van der Waals surface area contributed by atoms with Crippen LogP contribution in [0.2, 0.25) is 0 Å². The van der Waals surface area contributed by atoms with Gasteiger partial charge in [0, 0.05) is 0 Å². The molecular weight excluding hydrogens is 352 g/mol. The highest BCUT2D eigenvalue weighted by molar-refractivity contribution is 7.91. The lowest BCUT2D eigenvalue weighted by atomic mass is 10.1. The Bertz CT molecular complexity index is 1010. The van der Waals surface area contributed by atoms with Crippen LogP contribution in [0.4, 0.5) is 0 Å². The quantitative estimate of drug-likeness (QED) is 0.713. The molecule has 0 saturated heterocycles. The van der Waals surface area contributed by atoms with Crippen LogP contribution < -0.4 is 4.74 Å². The summed E-state index contributed by atoms with van der Waals surface area (Å²) in [7, 11) is -3.82. The van der Waals surface area contributed by atoms with E-state index in [1.165, 1.54) is 24.3 Å². The van der Waals surface area contributed by atoms with Crippen LogP contribution in [0, 0.1) is 0 Å². The molecule has 0 radical (unpaired) electrons. The second-order valence-electron chi connectivity index (χ2n) is 5.57. The van der Waals surface area contributed by atoms with Crippen molar-refractivity contribution >= 4 is 15.8 Å². The van der Waals surface area contributed by atoms with Gasteiger partial charge in [0.2, 0.25) is 9.84 Å². The zero-order chi connectivity index (χ0) is 18.6. The maximum atomic E-state index is 12.9. The molecule has 1 N–H and O–H groups in total. The Hall–Kier alpha value is -3.12. The lowest BCUT2D eigenvalue weighted by Gasteiger charge is -2.10. The molecule has 26 heavy (non-hydrogen) atoms. The number of aliphatic carboxylic acids is 1. The summed E-state index contributed by atoms with van der Waals surface area (Å²) < 4.78 is 31.4. The summed E-state index contributed by atoms with van der Waals surface area (Å²) in [5.74, 6) is 0.0724. The number of hydrogen-bond donors (Lipinski definition) is 1. The minimum Gasteiger partial charge on any atom is -0.481 e. The molecule has 6 heteroatoms. The van der Waals surface area contributed by atoms with Crippen LogP contribution in [-0.2, 0) is 21.1 Å². The largest absolute Gasteiger partial charge is 0.481 e. The van der Waals surface area contributed by atoms with E-state index in [1.54, 1.807) is 36.4 Å². The molecule has 0 atom stereocenters. The minimum atomic E-state index is -3.82. The van der Waals surface area contributed by atoms with Gasteiger partial charge in [-0.25, -0.2) is 8.42 Å². The Kier molecular flexibility index (Phi) is 5.04. The normalized spacial score (nSPS) is 11.1. The van der Waals surface area contributed by atoms with Gasteiger partial charge >= 0.3 is 5.97 Å². The molecule has 0 heterocycles. The molecule has 0 fully saturated rings. The second-order valence-corrected chi connectivity index (χ2v) is 7.49. The first-order chi connectivity index (χ1) is 12.5. The van der Waals surface area contributed by atoms with Gasteiger partial charge in [-0.2, -0.15) is 0 Å². The maximum absolute atomic E-state index is 12.9. The van der Waals surface area contributed by atoms with Gasteiger partial charge < -0.3 is 9.84 Å². The molecular formula is C20H16O5S. The first-order valence-electron chi connectivity index (χ1n) is 7.84. The minimum absolute atomic E-state index is 0.000808. The van der Waals surface area contributed by atoms with Gasteiger partial charge in [-0.05, 0) is 48.0 Å². The van der Waals surface area contributed by atoms with Crippen LogP contribution in [0.5, 0.6) is 11.5 Å². The summed E-state index contributed by atoms with van der Waals surface area (Å²) in [5.41, 5.74) is 0.254. The Balaban J connectivity index is 1.90. The summed E-state index contributed by atoms with van der Waals surface area (Å²) in [6.07, 6.45) is -0.357. The Morgan fingerprint density at radius 3 is 2.04 bits per heavy atom. The van der Waals surface area contributed by atoms with Crippen molar-refractivity contribution in [3.63, 3.8) is 0 Å². The van der Waals surface area contributed by atoms with Gasteiger partial charge in [0.05, 0.1) is 16.2 Å². The fourth-order valence-corrected chi connectivity index (χ4v) is 4.00. The van der Waals surface area contributed by atoms with Crippen molar-refractivity contribution in [2.24, 2.45) is 0 Å². The summed E-state index contributed by atoms with van der Waals surface area (Å²) in [6, 6.07) is 21.3. The van der Waals surface area contributed by atoms with Crippen molar-refractivity contribution in [3.8, 4) is 11.5 Å². The van der Waals surface area contributed by atoms with E-state index in [4.69, 9.17) is 9.84 Å². The SMILES string of the molecule is O=C(O)Cc1ccccc1S(=O)(=O)c1ccc(Oc2ccccc2)cc1. The third-order valence-electron chi connectivity index (χ3n) is 3.72. The molecule has 0 aliphatic carbocycles. The zero-order valence-corrected chi connectivity index (χ0v) is 14.5. The highest BCUT2D eigenvalue weighted by Crippen LogP contribution is 2.27. The third-order valence-corrected chi connectivity index (χ3v) is 5.59. The van der Waals surface area contributed by atoms with Crippen molar-refractivity contribution < 1.29 is 23.1 Å².